The fourth-order valence-corrected chi connectivity index (χ4v) is 3.50. The zero-order valence-electron chi connectivity index (χ0n) is 14.4. The van der Waals surface area contributed by atoms with Gasteiger partial charge in [0.25, 0.3) is 0 Å². The Morgan fingerprint density at radius 1 is 1.33 bits per heavy atom. The van der Waals surface area contributed by atoms with Crippen LogP contribution in [0.1, 0.15) is 30.0 Å². The number of anilines is 2. The van der Waals surface area contributed by atoms with Crippen LogP contribution in [0.25, 0.3) is 0 Å². The lowest BCUT2D eigenvalue weighted by molar-refractivity contribution is 0.284. The molecule has 1 atom stereocenters. The third kappa shape index (κ3) is 3.39. The molecule has 2 N–H and O–H groups in total. The number of hydrogen-bond acceptors (Lipinski definition) is 4. The minimum atomic E-state index is 0.479. The molecule has 0 aliphatic carbocycles. The van der Waals surface area contributed by atoms with E-state index in [2.05, 4.69) is 64.5 Å². The van der Waals surface area contributed by atoms with Gasteiger partial charge >= 0.3 is 0 Å². The molecule has 0 radical (unpaired) electrons. The van der Waals surface area contributed by atoms with Crippen molar-refractivity contribution in [1.29, 1.82) is 5.26 Å². The Morgan fingerprint density at radius 3 is 2.96 bits per heavy atom. The van der Waals surface area contributed by atoms with E-state index in [0.29, 0.717) is 11.6 Å². The highest BCUT2D eigenvalue weighted by atomic mass is 15.2. The Labute approximate surface area is 143 Å². The van der Waals surface area contributed by atoms with E-state index in [1.54, 1.807) is 12.3 Å². The Kier molecular flexibility index (Phi) is 5.07. The number of nitrogens with one attached hydrogen (secondary N) is 2. The van der Waals surface area contributed by atoms with Gasteiger partial charge in [0.05, 0.1) is 5.56 Å². The van der Waals surface area contributed by atoms with Gasteiger partial charge in [-0.05, 0) is 44.6 Å². The number of nitriles is 1. The van der Waals surface area contributed by atoms with Crippen LogP contribution in [0.5, 0.6) is 0 Å². The quantitative estimate of drug-likeness (QED) is 0.887. The molecule has 1 aromatic heterocycles. The maximum Gasteiger partial charge on any atom is 0.121 e. The number of aromatic amines is 1. The highest BCUT2D eigenvalue weighted by Gasteiger charge is 2.23. The minimum absolute atomic E-state index is 0.479. The van der Waals surface area contributed by atoms with Crippen LogP contribution < -0.4 is 10.2 Å². The normalized spacial score (nSPS) is 17.2. The molecule has 1 aliphatic heterocycles. The maximum atomic E-state index is 9.08. The molecule has 2 heterocycles. The van der Waals surface area contributed by atoms with Gasteiger partial charge in [-0.2, -0.15) is 5.26 Å². The summed E-state index contributed by atoms with van der Waals surface area (Å²) in [6, 6.07) is 13.2. The Morgan fingerprint density at radius 2 is 2.17 bits per heavy atom. The summed E-state index contributed by atoms with van der Waals surface area (Å²) in [5, 5.41) is 12.4. The predicted molar refractivity (Wildman–Crippen MR) is 98.3 cm³/mol. The van der Waals surface area contributed by atoms with E-state index in [9.17, 15) is 0 Å². The van der Waals surface area contributed by atoms with Gasteiger partial charge in [0.2, 0.25) is 0 Å². The second-order valence-electron chi connectivity index (χ2n) is 6.47. The van der Waals surface area contributed by atoms with Gasteiger partial charge in [-0.1, -0.05) is 18.2 Å². The third-order valence-corrected chi connectivity index (χ3v) is 4.72. The second kappa shape index (κ2) is 7.41. The highest BCUT2D eigenvalue weighted by Crippen LogP contribution is 2.35. The third-order valence-electron chi connectivity index (χ3n) is 4.72. The number of H-pyrrole nitrogens is 1. The zero-order chi connectivity index (χ0) is 16.9. The molecule has 2 aromatic rings. The van der Waals surface area contributed by atoms with E-state index in [0.717, 1.165) is 25.5 Å². The molecule has 0 saturated heterocycles. The monoisotopic (exact) mass is 323 g/mol. The topological polar surface area (TPSA) is 58.1 Å². The largest absolute Gasteiger partial charge is 0.369 e. The smallest absolute Gasteiger partial charge is 0.121 e. The number of benzene rings is 1. The SMILES string of the molecule is CN(C)C1CCCN(CCNc2[nH]ccc2C#N)c2ccccc21. The molecule has 0 fully saturated rings. The molecule has 5 nitrogen and oxygen atoms in total. The van der Waals surface area contributed by atoms with Crippen molar-refractivity contribution in [1.82, 2.24) is 9.88 Å². The molecule has 24 heavy (non-hydrogen) atoms. The first kappa shape index (κ1) is 16.4. The van der Waals surface area contributed by atoms with Crippen LogP contribution in [-0.4, -0.2) is 43.6 Å². The van der Waals surface area contributed by atoms with E-state index in [-0.39, 0.29) is 0 Å². The molecular weight excluding hydrogens is 298 g/mol. The summed E-state index contributed by atoms with van der Waals surface area (Å²) in [6.07, 6.45) is 4.16. The maximum absolute atomic E-state index is 9.08. The standard InChI is InChI=1S/C19H25N5/c1-23(2)17-8-5-12-24(18-7-4-3-6-16(17)18)13-11-22-19-15(14-20)9-10-21-19/h3-4,6-7,9-10,17,21-22H,5,8,11-13H2,1-2H3. The molecular formula is C19H25N5. The van der Waals surface area contributed by atoms with Crippen LogP contribution >= 0.6 is 0 Å². The summed E-state index contributed by atoms with van der Waals surface area (Å²) in [5.41, 5.74) is 3.42. The van der Waals surface area contributed by atoms with E-state index in [1.807, 2.05) is 0 Å². The van der Waals surface area contributed by atoms with Crippen LogP contribution in [0.2, 0.25) is 0 Å². The van der Waals surface area contributed by atoms with Crippen LogP contribution in [0.3, 0.4) is 0 Å². The van der Waals surface area contributed by atoms with Crippen LogP contribution in [0, 0.1) is 11.3 Å². The predicted octanol–water partition coefficient (Wildman–Crippen LogP) is 3.20. The number of fused-ring (bicyclic) bond motifs is 1. The van der Waals surface area contributed by atoms with Crippen molar-refractivity contribution in [3.63, 3.8) is 0 Å². The van der Waals surface area contributed by atoms with Crippen molar-refractivity contribution < 1.29 is 0 Å². The number of hydrogen-bond donors (Lipinski definition) is 2. The average Bonchev–Trinajstić information content (AvgIpc) is 2.96. The van der Waals surface area contributed by atoms with Crippen molar-refractivity contribution in [2.45, 2.75) is 18.9 Å². The Bertz CT molecular complexity index is 713. The van der Waals surface area contributed by atoms with Gasteiger partial charge in [0, 0.05) is 37.6 Å². The lowest BCUT2D eigenvalue weighted by Crippen LogP contribution is -2.30. The first-order valence-electron chi connectivity index (χ1n) is 8.52. The van der Waals surface area contributed by atoms with Crippen molar-refractivity contribution in [2.24, 2.45) is 0 Å². The molecule has 0 saturated carbocycles. The molecule has 5 heteroatoms. The molecule has 1 aromatic carbocycles. The number of nitrogens with zero attached hydrogens (tertiary/aromatic N) is 3. The molecule has 0 bridgehead atoms. The number of para-hydroxylation sites is 1. The lowest BCUT2D eigenvalue weighted by Gasteiger charge is -2.28. The Balaban J connectivity index is 1.71. The minimum Gasteiger partial charge on any atom is -0.369 e. The van der Waals surface area contributed by atoms with E-state index in [1.165, 1.54) is 24.1 Å². The molecule has 1 unspecified atom stereocenters. The molecule has 1 aliphatic rings. The van der Waals surface area contributed by atoms with Gasteiger partial charge in [0.15, 0.2) is 0 Å². The molecule has 126 valence electrons. The molecule has 3 rings (SSSR count). The summed E-state index contributed by atoms with van der Waals surface area (Å²) in [7, 11) is 4.32. The second-order valence-corrected chi connectivity index (χ2v) is 6.47. The van der Waals surface area contributed by atoms with E-state index in [4.69, 9.17) is 5.26 Å². The van der Waals surface area contributed by atoms with Gasteiger partial charge < -0.3 is 20.1 Å². The Hall–Kier alpha value is -2.45. The summed E-state index contributed by atoms with van der Waals surface area (Å²) in [6.45, 7) is 2.79. The van der Waals surface area contributed by atoms with E-state index >= 15 is 0 Å². The van der Waals surface area contributed by atoms with Gasteiger partial charge in [0.1, 0.15) is 11.9 Å². The van der Waals surface area contributed by atoms with Gasteiger partial charge in [-0.15, -0.1) is 0 Å². The first-order valence-corrected chi connectivity index (χ1v) is 8.52. The average molecular weight is 323 g/mol. The van der Waals surface area contributed by atoms with Crippen LogP contribution in [-0.2, 0) is 0 Å². The van der Waals surface area contributed by atoms with Gasteiger partial charge in [-0.3, -0.25) is 0 Å². The highest BCUT2D eigenvalue weighted by molar-refractivity contribution is 5.56. The number of aromatic nitrogens is 1. The fourth-order valence-electron chi connectivity index (χ4n) is 3.50. The first-order chi connectivity index (χ1) is 11.7. The zero-order valence-corrected chi connectivity index (χ0v) is 14.4. The van der Waals surface area contributed by atoms with E-state index < -0.39 is 0 Å². The summed E-state index contributed by atoms with van der Waals surface area (Å²) < 4.78 is 0. The fraction of sp³-hybridized carbons (Fsp3) is 0.421. The molecule has 0 amide bonds. The summed E-state index contributed by atoms with van der Waals surface area (Å²) >= 11 is 0. The lowest BCUT2D eigenvalue weighted by atomic mass is 10.0. The van der Waals surface area contributed by atoms with Crippen molar-refractivity contribution in [3.05, 3.63) is 47.7 Å². The summed E-state index contributed by atoms with van der Waals surface area (Å²) in [5.74, 6) is 0.812. The van der Waals surface area contributed by atoms with Crippen molar-refractivity contribution >= 4 is 11.5 Å². The van der Waals surface area contributed by atoms with Crippen LogP contribution in [0.4, 0.5) is 11.5 Å². The van der Waals surface area contributed by atoms with Crippen LogP contribution in [0.15, 0.2) is 36.5 Å². The van der Waals surface area contributed by atoms with Crippen molar-refractivity contribution in [2.75, 3.05) is 43.9 Å². The summed E-state index contributed by atoms with van der Waals surface area (Å²) in [4.78, 5) is 7.87. The van der Waals surface area contributed by atoms with Gasteiger partial charge in [-0.25, -0.2) is 0 Å². The van der Waals surface area contributed by atoms with Crippen molar-refractivity contribution in [3.8, 4) is 6.07 Å². The number of rotatable bonds is 5. The molecule has 0 spiro atoms.